The highest BCUT2D eigenvalue weighted by Crippen LogP contribution is 2.14. The van der Waals surface area contributed by atoms with Gasteiger partial charge in [-0.25, -0.2) is 0 Å². The third-order valence-corrected chi connectivity index (χ3v) is 3.18. The van der Waals surface area contributed by atoms with Gasteiger partial charge in [-0.1, -0.05) is 28.1 Å². The molecule has 0 aliphatic heterocycles. The fraction of sp³-hybridized carbons (Fsp3) is 0.200. The minimum Gasteiger partial charge on any atom is -0.383 e. The summed E-state index contributed by atoms with van der Waals surface area (Å²) in [5.41, 5.74) is 1.95. The van der Waals surface area contributed by atoms with E-state index in [-0.39, 0.29) is 5.91 Å². The molecule has 0 fully saturated rings. The van der Waals surface area contributed by atoms with Gasteiger partial charge >= 0.3 is 0 Å². The second-order valence-electron chi connectivity index (χ2n) is 4.33. The zero-order valence-electron chi connectivity index (χ0n) is 11.0. The van der Waals surface area contributed by atoms with Gasteiger partial charge < -0.3 is 10.6 Å². The zero-order chi connectivity index (χ0) is 14.2. The number of anilines is 1. The van der Waals surface area contributed by atoms with E-state index in [1.165, 1.54) is 0 Å². The maximum atomic E-state index is 11.7. The van der Waals surface area contributed by atoms with Crippen molar-refractivity contribution >= 4 is 27.5 Å². The van der Waals surface area contributed by atoms with Crippen LogP contribution in [0, 0.1) is 0 Å². The van der Waals surface area contributed by atoms with Gasteiger partial charge in [0.2, 0.25) is 5.91 Å². The number of aromatic nitrogens is 1. The van der Waals surface area contributed by atoms with Crippen molar-refractivity contribution in [2.24, 2.45) is 0 Å². The first-order valence-electron chi connectivity index (χ1n) is 6.39. The number of benzene rings is 1. The Balaban J connectivity index is 1.67. The van der Waals surface area contributed by atoms with Crippen LogP contribution in [0.1, 0.15) is 5.56 Å². The summed E-state index contributed by atoms with van der Waals surface area (Å²) in [6.45, 7) is 1.28. The SMILES string of the molecule is O=C(Cc1cccnc1)NCCNc1cccc(Br)c1. The largest absolute Gasteiger partial charge is 0.383 e. The van der Waals surface area contributed by atoms with Crippen LogP contribution < -0.4 is 10.6 Å². The first-order chi connectivity index (χ1) is 9.74. The van der Waals surface area contributed by atoms with Gasteiger partial charge in [0.15, 0.2) is 0 Å². The van der Waals surface area contributed by atoms with Gasteiger partial charge in [-0.3, -0.25) is 9.78 Å². The summed E-state index contributed by atoms with van der Waals surface area (Å²) in [6, 6.07) is 11.7. The predicted molar refractivity (Wildman–Crippen MR) is 83.6 cm³/mol. The van der Waals surface area contributed by atoms with Crippen molar-refractivity contribution in [1.82, 2.24) is 10.3 Å². The van der Waals surface area contributed by atoms with E-state index < -0.39 is 0 Å². The maximum absolute atomic E-state index is 11.7. The van der Waals surface area contributed by atoms with Crippen LogP contribution in [0.15, 0.2) is 53.3 Å². The Hall–Kier alpha value is -1.88. The van der Waals surface area contributed by atoms with E-state index in [0.717, 1.165) is 15.7 Å². The Bertz CT molecular complexity index is 560. The highest BCUT2D eigenvalue weighted by atomic mass is 79.9. The van der Waals surface area contributed by atoms with E-state index >= 15 is 0 Å². The van der Waals surface area contributed by atoms with Crippen molar-refractivity contribution in [1.29, 1.82) is 0 Å². The van der Waals surface area contributed by atoms with Gasteiger partial charge in [-0.05, 0) is 29.8 Å². The molecule has 2 rings (SSSR count). The highest BCUT2D eigenvalue weighted by Gasteiger charge is 2.02. The van der Waals surface area contributed by atoms with Crippen LogP contribution in [-0.4, -0.2) is 24.0 Å². The van der Waals surface area contributed by atoms with Gasteiger partial charge in [-0.15, -0.1) is 0 Å². The normalized spacial score (nSPS) is 10.1. The summed E-state index contributed by atoms with van der Waals surface area (Å²) in [6.07, 6.45) is 3.77. The number of amides is 1. The molecule has 1 aromatic heterocycles. The van der Waals surface area contributed by atoms with Gasteiger partial charge in [0, 0.05) is 35.6 Å². The number of hydrogen-bond donors (Lipinski definition) is 2. The molecule has 0 spiro atoms. The van der Waals surface area contributed by atoms with Crippen LogP contribution in [0.25, 0.3) is 0 Å². The number of pyridine rings is 1. The first kappa shape index (κ1) is 14.5. The number of carbonyl (C=O) groups is 1. The van der Waals surface area contributed by atoms with Crippen molar-refractivity contribution in [3.8, 4) is 0 Å². The lowest BCUT2D eigenvalue weighted by atomic mass is 10.2. The summed E-state index contributed by atoms with van der Waals surface area (Å²) < 4.78 is 1.03. The summed E-state index contributed by atoms with van der Waals surface area (Å²) in [5.74, 6) is 0.00837. The second kappa shape index (κ2) is 7.65. The minimum atomic E-state index is 0.00837. The van der Waals surface area contributed by atoms with E-state index in [1.54, 1.807) is 12.4 Å². The molecular weight excluding hydrogens is 318 g/mol. The Morgan fingerprint density at radius 3 is 2.85 bits per heavy atom. The Labute approximate surface area is 126 Å². The van der Waals surface area contributed by atoms with Gasteiger partial charge in [0.05, 0.1) is 6.42 Å². The summed E-state index contributed by atoms with van der Waals surface area (Å²) in [7, 11) is 0. The number of halogens is 1. The van der Waals surface area contributed by atoms with E-state index in [1.807, 2.05) is 36.4 Å². The molecule has 0 aliphatic rings. The third-order valence-electron chi connectivity index (χ3n) is 2.69. The average Bonchev–Trinajstić information content (AvgIpc) is 2.45. The van der Waals surface area contributed by atoms with Crippen molar-refractivity contribution < 1.29 is 4.79 Å². The number of hydrogen-bond acceptors (Lipinski definition) is 3. The minimum absolute atomic E-state index is 0.00837. The molecule has 20 heavy (non-hydrogen) atoms. The molecule has 0 bridgehead atoms. The highest BCUT2D eigenvalue weighted by molar-refractivity contribution is 9.10. The molecule has 1 amide bonds. The monoisotopic (exact) mass is 333 g/mol. The van der Waals surface area contributed by atoms with Crippen LogP contribution in [0.2, 0.25) is 0 Å². The van der Waals surface area contributed by atoms with E-state index in [4.69, 9.17) is 0 Å². The summed E-state index contributed by atoms with van der Waals surface area (Å²) in [4.78, 5) is 15.7. The van der Waals surface area contributed by atoms with Gasteiger partial charge in [0.1, 0.15) is 0 Å². The number of carbonyl (C=O) groups excluding carboxylic acids is 1. The Morgan fingerprint density at radius 2 is 2.10 bits per heavy atom. The lowest BCUT2D eigenvalue weighted by Crippen LogP contribution is -2.30. The number of nitrogens with one attached hydrogen (secondary N) is 2. The maximum Gasteiger partial charge on any atom is 0.224 e. The molecule has 0 saturated heterocycles. The molecule has 4 nitrogen and oxygen atoms in total. The van der Waals surface area contributed by atoms with Gasteiger partial charge in [-0.2, -0.15) is 0 Å². The molecule has 0 radical (unpaired) electrons. The van der Waals surface area contributed by atoms with Crippen LogP contribution in [-0.2, 0) is 11.2 Å². The molecule has 0 atom stereocenters. The zero-order valence-corrected chi connectivity index (χ0v) is 12.6. The lowest BCUT2D eigenvalue weighted by molar-refractivity contribution is -0.120. The van der Waals surface area contributed by atoms with Crippen LogP contribution in [0.5, 0.6) is 0 Å². The van der Waals surface area contributed by atoms with Gasteiger partial charge in [0.25, 0.3) is 0 Å². The molecule has 104 valence electrons. The molecular formula is C15H16BrN3O. The fourth-order valence-corrected chi connectivity index (χ4v) is 2.16. The lowest BCUT2D eigenvalue weighted by Gasteiger charge is -2.08. The summed E-state index contributed by atoms with van der Waals surface area (Å²) >= 11 is 3.42. The Kier molecular flexibility index (Phi) is 5.55. The fourth-order valence-electron chi connectivity index (χ4n) is 1.76. The third kappa shape index (κ3) is 5.01. The topological polar surface area (TPSA) is 54.0 Å². The van der Waals surface area contributed by atoms with E-state index in [2.05, 4.69) is 31.5 Å². The molecule has 1 heterocycles. The van der Waals surface area contributed by atoms with Crippen molar-refractivity contribution in [3.05, 3.63) is 58.8 Å². The number of nitrogens with zero attached hydrogens (tertiary/aromatic N) is 1. The van der Waals surface area contributed by atoms with E-state index in [0.29, 0.717) is 19.5 Å². The second-order valence-corrected chi connectivity index (χ2v) is 5.24. The van der Waals surface area contributed by atoms with E-state index in [9.17, 15) is 4.79 Å². The van der Waals surface area contributed by atoms with Crippen molar-refractivity contribution in [2.75, 3.05) is 18.4 Å². The molecule has 2 aromatic rings. The first-order valence-corrected chi connectivity index (χ1v) is 7.18. The molecule has 1 aromatic carbocycles. The van der Waals surface area contributed by atoms with Crippen LogP contribution in [0.3, 0.4) is 0 Å². The molecule has 2 N–H and O–H groups in total. The predicted octanol–water partition coefficient (Wildman–Crippen LogP) is 2.61. The molecule has 0 aliphatic carbocycles. The molecule has 5 heteroatoms. The summed E-state index contributed by atoms with van der Waals surface area (Å²) in [5, 5.41) is 6.12. The molecule has 0 unspecified atom stereocenters. The quantitative estimate of drug-likeness (QED) is 0.799. The molecule has 0 saturated carbocycles. The smallest absolute Gasteiger partial charge is 0.224 e. The van der Waals surface area contributed by atoms with Crippen molar-refractivity contribution in [3.63, 3.8) is 0 Å². The number of rotatable bonds is 6. The van der Waals surface area contributed by atoms with Crippen molar-refractivity contribution in [2.45, 2.75) is 6.42 Å². The average molecular weight is 334 g/mol. The standard InChI is InChI=1S/C15H16BrN3O/c16-13-4-1-5-14(10-13)18-7-8-19-15(20)9-12-3-2-6-17-11-12/h1-6,10-11,18H,7-9H2,(H,19,20). The van der Waals surface area contributed by atoms with Crippen LogP contribution >= 0.6 is 15.9 Å². The Morgan fingerprint density at radius 1 is 1.20 bits per heavy atom. The van der Waals surface area contributed by atoms with Crippen LogP contribution in [0.4, 0.5) is 5.69 Å².